The SMILES string of the molecule is O=[N+]([O-])c1ccc2c(C=NNc3nc(Nc4ccccc4)nc(N4CCCCC4)n3)c(O)ccc2c1. The summed E-state index contributed by atoms with van der Waals surface area (Å²) in [6, 6.07) is 17.2. The van der Waals surface area contributed by atoms with Gasteiger partial charge in [0.15, 0.2) is 0 Å². The van der Waals surface area contributed by atoms with Gasteiger partial charge in [-0.05, 0) is 54.3 Å². The van der Waals surface area contributed by atoms with Crippen LogP contribution in [0.2, 0.25) is 0 Å². The summed E-state index contributed by atoms with van der Waals surface area (Å²) in [6.07, 6.45) is 4.78. The zero-order valence-corrected chi connectivity index (χ0v) is 19.3. The predicted octanol–water partition coefficient (Wildman–Crippen LogP) is 4.82. The maximum absolute atomic E-state index is 11.1. The summed E-state index contributed by atoms with van der Waals surface area (Å²) >= 11 is 0. The third-order valence-electron chi connectivity index (χ3n) is 5.88. The van der Waals surface area contributed by atoms with Crippen molar-refractivity contribution in [1.29, 1.82) is 0 Å². The van der Waals surface area contributed by atoms with E-state index in [0.29, 0.717) is 28.2 Å². The van der Waals surface area contributed by atoms with Gasteiger partial charge >= 0.3 is 0 Å². The van der Waals surface area contributed by atoms with Crippen molar-refractivity contribution < 1.29 is 10.0 Å². The molecule has 1 saturated heterocycles. The quantitative estimate of drug-likeness (QED) is 0.191. The maximum Gasteiger partial charge on any atom is 0.270 e. The molecule has 0 atom stereocenters. The number of para-hydroxylation sites is 1. The number of hydrogen-bond donors (Lipinski definition) is 3. The Hall–Kier alpha value is -4.80. The highest BCUT2D eigenvalue weighted by Gasteiger charge is 2.17. The second-order valence-electron chi connectivity index (χ2n) is 8.35. The van der Waals surface area contributed by atoms with Crippen LogP contribution in [0.3, 0.4) is 0 Å². The van der Waals surface area contributed by atoms with E-state index in [0.717, 1.165) is 31.6 Å². The van der Waals surface area contributed by atoms with E-state index in [1.165, 1.54) is 30.8 Å². The second-order valence-corrected chi connectivity index (χ2v) is 8.35. The number of phenols is 1. The van der Waals surface area contributed by atoms with E-state index < -0.39 is 4.92 Å². The van der Waals surface area contributed by atoms with Crippen molar-refractivity contribution in [2.24, 2.45) is 5.10 Å². The molecule has 36 heavy (non-hydrogen) atoms. The molecule has 4 aromatic rings. The number of hydrogen-bond acceptors (Lipinski definition) is 10. The molecule has 3 aromatic carbocycles. The number of nitrogens with zero attached hydrogens (tertiary/aromatic N) is 6. The normalized spacial score (nSPS) is 13.7. The standard InChI is InChI=1S/C25H24N8O3/c34-22-12-9-17-15-19(33(35)36)10-11-20(17)21(22)16-26-31-24-28-23(27-18-7-3-1-4-8-18)29-25(30-24)32-13-5-2-6-14-32/h1,3-4,7-12,15-16,34H,2,5-6,13-14H2,(H2,27,28,29,30,31). The van der Waals surface area contributed by atoms with Crippen molar-refractivity contribution in [3.05, 3.63) is 76.3 Å². The number of phenolic OH excluding ortho intramolecular Hbond substituents is 1. The molecule has 1 aromatic heterocycles. The minimum absolute atomic E-state index is 0.00186. The molecule has 2 heterocycles. The van der Waals surface area contributed by atoms with Gasteiger partial charge in [-0.2, -0.15) is 20.1 Å². The molecular weight excluding hydrogens is 460 g/mol. The molecule has 11 heteroatoms. The van der Waals surface area contributed by atoms with Gasteiger partial charge in [0.25, 0.3) is 5.69 Å². The van der Waals surface area contributed by atoms with Gasteiger partial charge in [0.2, 0.25) is 17.8 Å². The fraction of sp³-hybridized carbons (Fsp3) is 0.200. The van der Waals surface area contributed by atoms with E-state index in [-0.39, 0.29) is 17.4 Å². The van der Waals surface area contributed by atoms with Gasteiger partial charge < -0.3 is 15.3 Å². The average molecular weight is 485 g/mol. The van der Waals surface area contributed by atoms with Crippen LogP contribution in [0.4, 0.5) is 29.2 Å². The van der Waals surface area contributed by atoms with Crippen LogP contribution in [0.1, 0.15) is 24.8 Å². The van der Waals surface area contributed by atoms with Crippen LogP contribution in [0.25, 0.3) is 10.8 Å². The first-order valence-corrected chi connectivity index (χ1v) is 11.6. The average Bonchev–Trinajstić information content (AvgIpc) is 2.90. The van der Waals surface area contributed by atoms with Crippen molar-refractivity contribution in [2.75, 3.05) is 28.7 Å². The van der Waals surface area contributed by atoms with E-state index in [1.54, 1.807) is 12.1 Å². The first-order valence-electron chi connectivity index (χ1n) is 11.6. The van der Waals surface area contributed by atoms with Crippen molar-refractivity contribution in [3.8, 4) is 5.75 Å². The highest BCUT2D eigenvalue weighted by Crippen LogP contribution is 2.29. The number of aromatic hydroxyl groups is 1. The van der Waals surface area contributed by atoms with E-state index in [1.807, 2.05) is 30.3 Å². The summed E-state index contributed by atoms with van der Waals surface area (Å²) in [5.41, 5.74) is 4.08. The van der Waals surface area contributed by atoms with E-state index in [4.69, 9.17) is 0 Å². The number of nitro benzene ring substituents is 1. The Morgan fingerprint density at radius 3 is 2.53 bits per heavy atom. The summed E-state index contributed by atoms with van der Waals surface area (Å²) in [4.78, 5) is 26.4. The third-order valence-corrected chi connectivity index (χ3v) is 5.88. The Morgan fingerprint density at radius 1 is 0.972 bits per heavy atom. The molecule has 182 valence electrons. The van der Waals surface area contributed by atoms with Crippen LogP contribution in [0.5, 0.6) is 5.75 Å². The van der Waals surface area contributed by atoms with E-state index in [9.17, 15) is 15.2 Å². The number of rotatable bonds is 7. The monoisotopic (exact) mass is 484 g/mol. The van der Waals surface area contributed by atoms with E-state index in [2.05, 4.69) is 35.7 Å². The molecule has 1 aliphatic rings. The van der Waals surface area contributed by atoms with Crippen molar-refractivity contribution in [1.82, 2.24) is 15.0 Å². The van der Waals surface area contributed by atoms with Gasteiger partial charge in [0, 0.05) is 36.5 Å². The number of nitro groups is 1. The second kappa shape index (κ2) is 10.2. The lowest BCUT2D eigenvalue weighted by molar-refractivity contribution is -0.384. The molecule has 0 aliphatic carbocycles. The van der Waals surface area contributed by atoms with Gasteiger partial charge in [0.1, 0.15) is 5.75 Å². The summed E-state index contributed by atoms with van der Waals surface area (Å²) < 4.78 is 0. The minimum atomic E-state index is -0.455. The maximum atomic E-state index is 11.1. The van der Waals surface area contributed by atoms with Crippen LogP contribution in [0.15, 0.2) is 65.8 Å². The molecule has 11 nitrogen and oxygen atoms in total. The van der Waals surface area contributed by atoms with Gasteiger partial charge in [-0.3, -0.25) is 10.1 Å². The molecule has 1 aliphatic heterocycles. The van der Waals surface area contributed by atoms with Crippen molar-refractivity contribution in [3.63, 3.8) is 0 Å². The zero-order valence-electron chi connectivity index (χ0n) is 19.3. The first-order chi connectivity index (χ1) is 17.6. The lowest BCUT2D eigenvalue weighted by atomic mass is 10.0. The van der Waals surface area contributed by atoms with Gasteiger partial charge in [0.05, 0.1) is 11.1 Å². The largest absolute Gasteiger partial charge is 0.507 e. The summed E-state index contributed by atoms with van der Waals surface area (Å²) in [5, 5.41) is 30.2. The Balaban J connectivity index is 1.43. The Kier molecular flexibility index (Phi) is 6.52. The molecule has 0 saturated carbocycles. The number of nitrogens with one attached hydrogen (secondary N) is 2. The summed E-state index contributed by atoms with van der Waals surface area (Å²) in [6.45, 7) is 1.74. The first kappa shape index (κ1) is 23.0. The molecule has 0 bridgehead atoms. The van der Waals surface area contributed by atoms with Gasteiger partial charge in [-0.1, -0.05) is 24.3 Å². The minimum Gasteiger partial charge on any atom is -0.507 e. The van der Waals surface area contributed by atoms with Gasteiger partial charge in [-0.25, -0.2) is 5.43 Å². The third kappa shape index (κ3) is 5.14. The summed E-state index contributed by atoms with van der Waals surface area (Å²) in [5.74, 6) is 1.18. The number of non-ortho nitro benzene ring substituents is 1. The van der Waals surface area contributed by atoms with Crippen LogP contribution < -0.4 is 15.6 Å². The highest BCUT2D eigenvalue weighted by molar-refractivity contribution is 6.03. The van der Waals surface area contributed by atoms with Crippen LogP contribution >= 0.6 is 0 Å². The fourth-order valence-corrected chi connectivity index (χ4v) is 4.09. The lowest BCUT2D eigenvalue weighted by Gasteiger charge is -2.26. The molecule has 5 rings (SSSR count). The predicted molar refractivity (Wildman–Crippen MR) is 139 cm³/mol. The number of piperidine rings is 1. The molecule has 0 spiro atoms. The van der Waals surface area contributed by atoms with E-state index >= 15 is 0 Å². The summed E-state index contributed by atoms with van der Waals surface area (Å²) in [7, 11) is 0. The number of anilines is 4. The van der Waals surface area contributed by atoms with Gasteiger partial charge in [-0.15, -0.1) is 0 Å². The smallest absolute Gasteiger partial charge is 0.270 e. The lowest BCUT2D eigenvalue weighted by Crippen LogP contribution is -2.31. The molecule has 0 radical (unpaired) electrons. The Bertz CT molecular complexity index is 1420. The van der Waals surface area contributed by atoms with Crippen molar-refractivity contribution >= 4 is 46.2 Å². The molecule has 0 unspecified atom stereocenters. The van der Waals surface area contributed by atoms with Crippen LogP contribution in [-0.4, -0.2) is 44.3 Å². The topological polar surface area (TPSA) is 142 Å². The number of hydrazone groups is 1. The Morgan fingerprint density at radius 2 is 1.75 bits per heavy atom. The van der Waals surface area contributed by atoms with Crippen molar-refractivity contribution in [2.45, 2.75) is 19.3 Å². The molecule has 3 N–H and O–H groups in total. The molecule has 0 amide bonds. The molecule has 1 fully saturated rings. The molecular formula is C25H24N8O3. The highest BCUT2D eigenvalue weighted by atomic mass is 16.6. The number of aromatic nitrogens is 3. The fourth-order valence-electron chi connectivity index (χ4n) is 4.09. The zero-order chi connectivity index (χ0) is 24.9. The number of benzene rings is 3. The van der Waals surface area contributed by atoms with Crippen LogP contribution in [-0.2, 0) is 0 Å². The van der Waals surface area contributed by atoms with Crippen LogP contribution in [0, 0.1) is 10.1 Å². The Labute approximate surface area is 206 Å². The number of fused-ring (bicyclic) bond motifs is 1.